The molecule has 5 aliphatic rings. The van der Waals surface area contributed by atoms with Crippen LogP contribution in [0.2, 0.25) is 5.02 Å². The van der Waals surface area contributed by atoms with Crippen LogP contribution in [0.25, 0.3) is 0 Å². The molecule has 0 radical (unpaired) electrons. The summed E-state index contributed by atoms with van der Waals surface area (Å²) < 4.78 is 51.4. The summed E-state index contributed by atoms with van der Waals surface area (Å²) in [4.78, 5) is 24.9. The minimum absolute atomic E-state index is 0.0997. The van der Waals surface area contributed by atoms with Gasteiger partial charge in [0.1, 0.15) is 12.4 Å². The lowest BCUT2D eigenvalue weighted by Crippen LogP contribution is -2.84. The van der Waals surface area contributed by atoms with Gasteiger partial charge in [0.2, 0.25) is 5.91 Å². The Morgan fingerprint density at radius 2 is 1.79 bits per heavy atom. The number of rotatable bonds is 7. The van der Waals surface area contributed by atoms with Gasteiger partial charge in [-0.1, -0.05) is 11.6 Å². The third-order valence-electron chi connectivity index (χ3n) is 6.96. The van der Waals surface area contributed by atoms with Gasteiger partial charge in [0.05, 0.1) is 18.3 Å². The lowest BCUT2D eigenvalue weighted by atomic mass is 9.44. The van der Waals surface area contributed by atoms with Crippen molar-refractivity contribution in [2.24, 2.45) is 0 Å². The van der Waals surface area contributed by atoms with E-state index in [1.807, 2.05) is 0 Å². The molecule has 2 unspecified atom stereocenters. The summed E-state index contributed by atoms with van der Waals surface area (Å²) in [5, 5.41) is 16.7. The minimum Gasteiger partial charge on any atom is -0.480 e. The number of carbonyl (C=O) groups excluding carboxylic acids is 2. The Bertz CT molecular complexity index is 980. The van der Waals surface area contributed by atoms with E-state index in [9.17, 15) is 27.9 Å². The first-order chi connectivity index (χ1) is 15.9. The van der Waals surface area contributed by atoms with Gasteiger partial charge in [-0.3, -0.25) is 14.3 Å². The second-order valence-corrected chi connectivity index (χ2v) is 10.2. The molecule has 3 N–H and O–H groups in total. The molecule has 186 valence electrons. The first kappa shape index (κ1) is 23.7. The Kier molecular flexibility index (Phi) is 5.74. The molecular formula is C22H24ClF3N2O6. The second kappa shape index (κ2) is 8.25. The Morgan fingerprint density at radius 1 is 1.12 bits per heavy atom. The van der Waals surface area contributed by atoms with Crippen molar-refractivity contribution in [1.82, 2.24) is 10.6 Å². The van der Waals surface area contributed by atoms with Crippen molar-refractivity contribution >= 4 is 23.4 Å². The van der Waals surface area contributed by atoms with Crippen LogP contribution in [0.5, 0.6) is 5.75 Å². The summed E-state index contributed by atoms with van der Waals surface area (Å²) in [5.74, 6) is -0.232. The number of halogens is 4. The molecule has 0 saturated heterocycles. The lowest BCUT2D eigenvalue weighted by molar-refractivity contribution is -0.357. The molecule has 1 heterocycles. The summed E-state index contributed by atoms with van der Waals surface area (Å²) in [6, 6.07) is 4.87. The molecule has 1 aromatic carbocycles. The highest BCUT2D eigenvalue weighted by atomic mass is 35.5. The van der Waals surface area contributed by atoms with Gasteiger partial charge >= 0.3 is 6.36 Å². The lowest BCUT2D eigenvalue weighted by Gasteiger charge is -2.70. The van der Waals surface area contributed by atoms with Crippen LogP contribution < -0.4 is 15.4 Å². The first-order valence-corrected chi connectivity index (χ1v) is 11.4. The molecule has 4 saturated carbocycles. The van der Waals surface area contributed by atoms with Crippen LogP contribution in [0.3, 0.4) is 0 Å². The van der Waals surface area contributed by atoms with E-state index in [0.29, 0.717) is 35.6 Å². The van der Waals surface area contributed by atoms with Crippen LogP contribution in [-0.2, 0) is 19.1 Å². The number of fused-ring (bicyclic) bond motifs is 1. The van der Waals surface area contributed by atoms with Crippen molar-refractivity contribution in [3.05, 3.63) is 28.8 Å². The molecule has 4 aliphatic carbocycles. The van der Waals surface area contributed by atoms with E-state index in [1.54, 1.807) is 18.2 Å². The molecule has 2 amide bonds. The molecule has 2 bridgehead atoms. The molecule has 1 aromatic rings. The third-order valence-corrected chi connectivity index (χ3v) is 7.19. The number of alkyl halides is 3. The highest BCUT2D eigenvalue weighted by Crippen LogP contribution is 2.60. The molecular weight excluding hydrogens is 481 g/mol. The third kappa shape index (κ3) is 4.71. The van der Waals surface area contributed by atoms with Gasteiger partial charge in [-0.05, 0) is 37.5 Å². The van der Waals surface area contributed by atoms with Gasteiger partial charge in [-0.2, -0.15) is 0 Å². The first-order valence-electron chi connectivity index (χ1n) is 11.1. The molecule has 34 heavy (non-hydrogen) atoms. The Labute approximate surface area is 198 Å². The number of benzene rings is 1. The van der Waals surface area contributed by atoms with Crippen molar-refractivity contribution in [3.8, 4) is 5.75 Å². The van der Waals surface area contributed by atoms with Crippen molar-refractivity contribution < 1.29 is 42.1 Å². The number of hydrogen-bond donors (Lipinski definition) is 3. The number of carbonyl (C=O) groups is 2. The number of hydrogen-bond acceptors (Lipinski definition) is 6. The summed E-state index contributed by atoms with van der Waals surface area (Å²) >= 11 is 5.95. The molecule has 6 rings (SSSR count). The van der Waals surface area contributed by atoms with Crippen molar-refractivity contribution in [1.29, 1.82) is 0 Å². The molecule has 2 atom stereocenters. The number of aliphatic hydroxyl groups excluding tert-OH is 1. The SMILES string of the molecule is O=C(COC1CC(OC(F)(F)F)C1)NC12CC(NC(=O)C3CC(O)c4cc(Cl)ccc4O3)(C1)C2. The normalized spacial score (nSPS) is 35.6. The molecule has 12 heteroatoms. The van der Waals surface area contributed by atoms with Crippen molar-refractivity contribution in [2.75, 3.05) is 6.61 Å². The average Bonchev–Trinajstić information content (AvgIpc) is 2.66. The largest absolute Gasteiger partial charge is 0.522 e. The van der Waals surface area contributed by atoms with E-state index in [1.165, 1.54) is 0 Å². The summed E-state index contributed by atoms with van der Waals surface area (Å²) in [6.07, 6.45) is -5.66. The second-order valence-electron chi connectivity index (χ2n) is 9.76. The van der Waals surface area contributed by atoms with E-state index in [-0.39, 0.29) is 37.7 Å². The maximum atomic E-state index is 12.7. The van der Waals surface area contributed by atoms with Crippen LogP contribution >= 0.6 is 11.6 Å². The van der Waals surface area contributed by atoms with Crippen LogP contribution in [0, 0.1) is 0 Å². The number of ether oxygens (including phenoxy) is 3. The Morgan fingerprint density at radius 3 is 2.47 bits per heavy atom. The smallest absolute Gasteiger partial charge is 0.480 e. The fourth-order valence-corrected chi connectivity index (χ4v) is 5.62. The number of amides is 2. The molecule has 8 nitrogen and oxygen atoms in total. The van der Waals surface area contributed by atoms with Gasteiger partial charge in [-0.15, -0.1) is 13.2 Å². The molecule has 0 spiro atoms. The van der Waals surface area contributed by atoms with Crippen molar-refractivity contribution in [3.63, 3.8) is 0 Å². The van der Waals surface area contributed by atoms with Gasteiger partial charge in [0.15, 0.2) is 6.10 Å². The van der Waals surface area contributed by atoms with E-state index in [2.05, 4.69) is 15.4 Å². The highest BCUT2D eigenvalue weighted by Gasteiger charge is 2.69. The zero-order chi connectivity index (χ0) is 24.3. The summed E-state index contributed by atoms with van der Waals surface area (Å²) in [5.41, 5.74) is -0.252. The van der Waals surface area contributed by atoms with Gasteiger partial charge in [0, 0.05) is 40.9 Å². The van der Waals surface area contributed by atoms with Crippen LogP contribution in [-0.4, -0.2) is 59.3 Å². The van der Waals surface area contributed by atoms with Crippen molar-refractivity contribution in [2.45, 2.75) is 80.4 Å². The maximum absolute atomic E-state index is 12.7. The quantitative estimate of drug-likeness (QED) is 0.527. The summed E-state index contributed by atoms with van der Waals surface area (Å²) in [6.45, 7) is -0.234. The fraction of sp³-hybridized carbons (Fsp3) is 0.636. The van der Waals surface area contributed by atoms with Gasteiger partial charge in [0.25, 0.3) is 5.91 Å². The average molecular weight is 505 g/mol. The zero-order valence-corrected chi connectivity index (χ0v) is 18.7. The minimum atomic E-state index is -4.66. The van der Waals surface area contributed by atoms with Crippen LogP contribution in [0.15, 0.2) is 18.2 Å². The molecule has 0 aromatic heterocycles. The van der Waals surface area contributed by atoms with E-state index in [0.717, 1.165) is 0 Å². The van der Waals surface area contributed by atoms with E-state index < -0.39 is 41.9 Å². The zero-order valence-electron chi connectivity index (χ0n) is 18.0. The van der Waals surface area contributed by atoms with Crippen LogP contribution in [0.1, 0.15) is 50.2 Å². The summed E-state index contributed by atoms with van der Waals surface area (Å²) in [7, 11) is 0. The number of nitrogens with one attached hydrogen (secondary N) is 2. The van der Waals surface area contributed by atoms with Gasteiger partial charge in [-0.25, -0.2) is 0 Å². The van der Waals surface area contributed by atoms with Gasteiger partial charge < -0.3 is 25.2 Å². The highest BCUT2D eigenvalue weighted by molar-refractivity contribution is 6.30. The fourth-order valence-electron chi connectivity index (χ4n) is 5.44. The molecule has 1 aliphatic heterocycles. The predicted octanol–water partition coefficient (Wildman–Crippen LogP) is 2.52. The number of aliphatic hydroxyl groups is 1. The standard InChI is InChI=1S/C22H24ClF3N2O6/c23-11-1-2-16-14(3-11)15(29)6-17(33-16)19(31)28-21-8-20(9-21,10-21)27-18(30)7-32-12-4-13(5-12)34-22(24,25)26/h1-3,12-13,15,17,29H,4-10H2,(H,27,30)(H,28,31). The topological polar surface area (TPSA) is 106 Å². The maximum Gasteiger partial charge on any atom is 0.522 e. The van der Waals surface area contributed by atoms with E-state index >= 15 is 0 Å². The predicted molar refractivity (Wildman–Crippen MR) is 111 cm³/mol. The molecule has 4 fully saturated rings. The van der Waals surface area contributed by atoms with Crippen LogP contribution in [0.4, 0.5) is 13.2 Å². The van der Waals surface area contributed by atoms with E-state index in [4.69, 9.17) is 21.1 Å². The Hall–Kier alpha value is -2.08. The monoisotopic (exact) mass is 504 g/mol. The Balaban J connectivity index is 1.03.